The predicted molar refractivity (Wildman–Crippen MR) is 104 cm³/mol. The Kier molecular flexibility index (Phi) is 6.00. The molecular formula is C20H23N3O5. The first-order chi connectivity index (χ1) is 13.5. The first-order valence-electron chi connectivity index (χ1n) is 8.85. The lowest BCUT2D eigenvalue weighted by atomic mass is 10.1. The minimum atomic E-state index is -0.700. The van der Waals surface area contributed by atoms with Crippen LogP contribution in [0.2, 0.25) is 0 Å². The summed E-state index contributed by atoms with van der Waals surface area (Å²) < 4.78 is 15.7. The molecule has 0 bridgehead atoms. The molecule has 148 valence electrons. The molecule has 3 rings (SSSR count). The predicted octanol–water partition coefficient (Wildman–Crippen LogP) is 1.72. The van der Waals surface area contributed by atoms with E-state index < -0.39 is 18.1 Å². The molecule has 1 saturated heterocycles. The number of nitrogen functional groups attached to an aromatic ring is 1. The summed E-state index contributed by atoms with van der Waals surface area (Å²) in [5.74, 6) is 0.186. The second kappa shape index (κ2) is 8.62. The van der Waals surface area contributed by atoms with E-state index in [-0.39, 0.29) is 12.7 Å². The van der Waals surface area contributed by atoms with Crippen molar-refractivity contribution < 1.29 is 23.8 Å². The van der Waals surface area contributed by atoms with Crippen molar-refractivity contribution in [1.29, 1.82) is 0 Å². The second-order valence-electron chi connectivity index (χ2n) is 6.50. The number of carbonyl (C=O) groups excluding carboxylic acids is 2. The van der Waals surface area contributed by atoms with Gasteiger partial charge in [-0.25, -0.2) is 4.79 Å². The molecule has 2 aromatic carbocycles. The second-order valence-corrected chi connectivity index (χ2v) is 6.50. The Bertz CT molecular complexity index is 823. The van der Waals surface area contributed by atoms with E-state index in [9.17, 15) is 9.59 Å². The molecule has 1 amide bonds. The molecule has 28 heavy (non-hydrogen) atoms. The number of methoxy groups -OCH3 is 1. The van der Waals surface area contributed by atoms with Crippen LogP contribution in [0.25, 0.3) is 0 Å². The van der Waals surface area contributed by atoms with Gasteiger partial charge in [0.1, 0.15) is 18.4 Å². The normalized spacial score (nSPS) is 17.1. The van der Waals surface area contributed by atoms with Gasteiger partial charge in [-0.1, -0.05) is 12.1 Å². The van der Waals surface area contributed by atoms with Crippen molar-refractivity contribution in [2.75, 3.05) is 30.9 Å². The van der Waals surface area contributed by atoms with Crippen LogP contribution in [-0.4, -0.2) is 44.5 Å². The molecule has 0 aromatic heterocycles. The third-order valence-corrected chi connectivity index (χ3v) is 4.40. The van der Waals surface area contributed by atoms with E-state index in [4.69, 9.17) is 20.9 Å². The Morgan fingerprint density at radius 3 is 2.54 bits per heavy atom. The van der Waals surface area contributed by atoms with Gasteiger partial charge in [0, 0.05) is 11.4 Å². The fourth-order valence-corrected chi connectivity index (χ4v) is 2.87. The molecular weight excluding hydrogens is 362 g/mol. The van der Waals surface area contributed by atoms with Gasteiger partial charge < -0.3 is 25.7 Å². The number of ether oxygens (including phenoxy) is 3. The van der Waals surface area contributed by atoms with Crippen molar-refractivity contribution in [2.45, 2.75) is 18.6 Å². The van der Waals surface area contributed by atoms with Crippen molar-refractivity contribution in [3.05, 3.63) is 54.1 Å². The van der Waals surface area contributed by atoms with Gasteiger partial charge in [-0.2, -0.15) is 0 Å². The van der Waals surface area contributed by atoms with Gasteiger partial charge in [-0.05, 0) is 48.4 Å². The summed E-state index contributed by atoms with van der Waals surface area (Å²) in [6.45, 7) is 0.632. The zero-order chi connectivity index (χ0) is 20.1. The molecule has 1 aliphatic rings. The van der Waals surface area contributed by atoms with Crippen molar-refractivity contribution in [2.24, 2.45) is 5.73 Å². The number of cyclic esters (lactones) is 1. The van der Waals surface area contributed by atoms with Gasteiger partial charge in [0.25, 0.3) is 0 Å². The molecule has 2 atom stereocenters. The third kappa shape index (κ3) is 4.72. The van der Waals surface area contributed by atoms with Crippen molar-refractivity contribution in [3.63, 3.8) is 0 Å². The average Bonchev–Trinajstić information content (AvgIpc) is 3.08. The fraction of sp³-hybridized carbons (Fsp3) is 0.300. The Labute approximate surface area is 163 Å². The van der Waals surface area contributed by atoms with E-state index in [1.807, 2.05) is 12.1 Å². The highest BCUT2D eigenvalue weighted by molar-refractivity contribution is 5.89. The van der Waals surface area contributed by atoms with Crippen LogP contribution in [0.5, 0.6) is 5.75 Å². The SMILES string of the molecule is COC(=O)C(N)Cc1ccc(OCC2CN(c3ccc(N)cc3)C(=O)O2)cc1. The number of nitrogens with two attached hydrogens (primary N) is 2. The Morgan fingerprint density at radius 1 is 1.21 bits per heavy atom. The van der Waals surface area contributed by atoms with Gasteiger partial charge in [-0.3, -0.25) is 9.69 Å². The monoisotopic (exact) mass is 385 g/mol. The molecule has 4 N–H and O–H groups in total. The van der Waals surface area contributed by atoms with Crippen molar-refractivity contribution in [1.82, 2.24) is 0 Å². The number of esters is 1. The smallest absolute Gasteiger partial charge is 0.414 e. The summed E-state index contributed by atoms with van der Waals surface area (Å²) in [6.07, 6.45) is -0.410. The summed E-state index contributed by atoms with van der Waals surface area (Å²) in [4.78, 5) is 25.0. The molecule has 8 heteroatoms. The van der Waals surface area contributed by atoms with Crippen LogP contribution in [0.4, 0.5) is 16.2 Å². The number of anilines is 2. The van der Waals surface area contributed by atoms with E-state index in [1.165, 1.54) is 7.11 Å². The van der Waals surface area contributed by atoms with Gasteiger partial charge in [0.05, 0.1) is 13.7 Å². The molecule has 1 fully saturated rings. The highest BCUT2D eigenvalue weighted by Gasteiger charge is 2.32. The maximum atomic E-state index is 12.1. The van der Waals surface area contributed by atoms with Crippen LogP contribution in [0, 0.1) is 0 Å². The molecule has 1 heterocycles. The minimum absolute atomic E-state index is 0.234. The molecule has 8 nitrogen and oxygen atoms in total. The zero-order valence-corrected chi connectivity index (χ0v) is 15.5. The maximum Gasteiger partial charge on any atom is 0.414 e. The highest BCUT2D eigenvalue weighted by atomic mass is 16.6. The van der Waals surface area contributed by atoms with Crippen LogP contribution in [-0.2, 0) is 20.7 Å². The lowest BCUT2D eigenvalue weighted by Crippen LogP contribution is -2.33. The number of amides is 1. The standard InChI is InChI=1S/C20H23N3O5/c1-26-19(24)18(22)10-13-2-8-16(9-3-13)27-12-17-11-23(20(25)28-17)15-6-4-14(21)5-7-15/h2-9,17-18H,10-12,21-22H2,1H3. The first-order valence-corrected chi connectivity index (χ1v) is 8.85. The van der Waals surface area contributed by atoms with Crippen molar-refractivity contribution in [3.8, 4) is 5.75 Å². The number of hydrogen-bond donors (Lipinski definition) is 2. The van der Waals surface area contributed by atoms with Crippen LogP contribution >= 0.6 is 0 Å². The van der Waals surface area contributed by atoms with Gasteiger partial charge in [-0.15, -0.1) is 0 Å². The fourth-order valence-electron chi connectivity index (χ4n) is 2.87. The Morgan fingerprint density at radius 2 is 1.89 bits per heavy atom. The Hall–Kier alpha value is -3.26. The van der Waals surface area contributed by atoms with Crippen LogP contribution in [0.15, 0.2) is 48.5 Å². The molecule has 1 aliphatic heterocycles. The molecule has 0 saturated carbocycles. The van der Waals surface area contributed by atoms with Crippen LogP contribution < -0.4 is 21.1 Å². The maximum absolute atomic E-state index is 12.1. The van der Waals surface area contributed by atoms with Gasteiger partial charge in [0.15, 0.2) is 6.10 Å². The Balaban J connectivity index is 1.51. The third-order valence-electron chi connectivity index (χ3n) is 4.40. The molecule has 0 spiro atoms. The van der Waals surface area contributed by atoms with Crippen molar-refractivity contribution >= 4 is 23.4 Å². The lowest BCUT2D eigenvalue weighted by Gasteiger charge is -2.13. The van der Waals surface area contributed by atoms with E-state index in [2.05, 4.69) is 4.74 Å². The van der Waals surface area contributed by atoms with E-state index in [0.29, 0.717) is 24.4 Å². The summed E-state index contributed by atoms with van der Waals surface area (Å²) in [6, 6.07) is 13.6. The first kappa shape index (κ1) is 19.5. The topological polar surface area (TPSA) is 117 Å². The van der Waals surface area contributed by atoms with Crippen LogP contribution in [0.3, 0.4) is 0 Å². The number of nitrogens with zero attached hydrogens (tertiary/aromatic N) is 1. The summed E-state index contributed by atoms with van der Waals surface area (Å²) >= 11 is 0. The number of carbonyl (C=O) groups is 2. The summed E-state index contributed by atoms with van der Waals surface area (Å²) in [7, 11) is 1.31. The quantitative estimate of drug-likeness (QED) is 0.550. The highest BCUT2D eigenvalue weighted by Crippen LogP contribution is 2.23. The van der Waals surface area contributed by atoms with Gasteiger partial charge in [0.2, 0.25) is 0 Å². The largest absolute Gasteiger partial charge is 0.490 e. The minimum Gasteiger partial charge on any atom is -0.490 e. The molecule has 2 unspecified atom stereocenters. The average molecular weight is 385 g/mol. The molecule has 0 radical (unpaired) electrons. The lowest BCUT2D eigenvalue weighted by molar-refractivity contribution is -0.142. The number of hydrogen-bond acceptors (Lipinski definition) is 7. The molecule has 2 aromatic rings. The molecule has 0 aliphatic carbocycles. The number of benzene rings is 2. The van der Waals surface area contributed by atoms with Gasteiger partial charge >= 0.3 is 12.1 Å². The van der Waals surface area contributed by atoms with E-state index in [0.717, 1.165) is 11.3 Å². The van der Waals surface area contributed by atoms with E-state index in [1.54, 1.807) is 41.3 Å². The summed E-state index contributed by atoms with van der Waals surface area (Å²) in [5, 5.41) is 0. The van der Waals surface area contributed by atoms with Crippen LogP contribution in [0.1, 0.15) is 5.56 Å². The zero-order valence-electron chi connectivity index (χ0n) is 15.5. The number of rotatable bonds is 7. The van der Waals surface area contributed by atoms with E-state index >= 15 is 0 Å². The summed E-state index contributed by atoms with van der Waals surface area (Å²) in [5.41, 5.74) is 13.7.